The Balaban J connectivity index is 1.88. The van der Waals surface area contributed by atoms with Crippen molar-refractivity contribution in [1.29, 1.82) is 0 Å². The second-order valence-electron chi connectivity index (χ2n) is 4.60. The van der Waals surface area contributed by atoms with Crippen LogP contribution in [0.2, 0.25) is 0 Å². The van der Waals surface area contributed by atoms with E-state index in [9.17, 15) is 8.42 Å². The molecule has 3 aromatic rings. The second-order valence-corrected chi connectivity index (χ2v) is 7.52. The smallest absolute Gasteiger partial charge is 0.223 e. The molecule has 0 spiro atoms. The number of rotatable bonds is 4. The molecule has 0 saturated carbocycles. The van der Waals surface area contributed by atoms with Crippen LogP contribution in [0.25, 0.3) is 4.96 Å². The lowest BCUT2D eigenvalue weighted by Gasteiger charge is -2.06. The van der Waals surface area contributed by atoms with E-state index in [0.29, 0.717) is 0 Å². The quantitative estimate of drug-likeness (QED) is 0.796. The molecule has 0 unspecified atom stereocenters. The van der Waals surface area contributed by atoms with Crippen LogP contribution in [0.15, 0.2) is 35.2 Å². The van der Waals surface area contributed by atoms with Crippen molar-refractivity contribution >= 4 is 26.3 Å². The van der Waals surface area contributed by atoms with Crippen molar-refractivity contribution in [2.75, 3.05) is 0 Å². The van der Waals surface area contributed by atoms with Crippen molar-refractivity contribution in [2.45, 2.75) is 25.3 Å². The number of fused-ring (bicyclic) bond motifs is 1. The maximum Gasteiger partial charge on any atom is 0.240 e. The van der Waals surface area contributed by atoms with E-state index in [-0.39, 0.29) is 11.4 Å². The molecular formula is C13H14N4O2S2. The summed E-state index contributed by atoms with van der Waals surface area (Å²) in [6.45, 7) is 3.91. The predicted molar refractivity (Wildman–Crippen MR) is 80.8 cm³/mol. The van der Waals surface area contributed by atoms with Crippen molar-refractivity contribution < 1.29 is 8.42 Å². The van der Waals surface area contributed by atoms with E-state index in [1.165, 1.54) is 11.3 Å². The fourth-order valence-electron chi connectivity index (χ4n) is 2.04. The predicted octanol–water partition coefficient (Wildman–Crippen LogP) is 1.89. The van der Waals surface area contributed by atoms with Gasteiger partial charge in [0.1, 0.15) is 5.01 Å². The maximum atomic E-state index is 12.2. The summed E-state index contributed by atoms with van der Waals surface area (Å²) in [6.07, 6.45) is 0. The van der Waals surface area contributed by atoms with Crippen molar-refractivity contribution in [1.82, 2.24) is 19.3 Å². The van der Waals surface area contributed by atoms with Gasteiger partial charge in [-0.2, -0.15) is 5.10 Å². The van der Waals surface area contributed by atoms with E-state index in [4.69, 9.17) is 0 Å². The lowest BCUT2D eigenvalue weighted by molar-refractivity contribution is 0.579. The van der Waals surface area contributed by atoms with Gasteiger partial charge in [-0.15, -0.1) is 0 Å². The third kappa shape index (κ3) is 2.69. The molecule has 2 heterocycles. The van der Waals surface area contributed by atoms with Crippen LogP contribution < -0.4 is 4.72 Å². The van der Waals surface area contributed by atoms with Crippen LogP contribution in [0.4, 0.5) is 0 Å². The van der Waals surface area contributed by atoms with Crippen LogP contribution in [0, 0.1) is 13.8 Å². The van der Waals surface area contributed by atoms with Crippen LogP contribution in [0.1, 0.15) is 16.4 Å². The molecule has 0 bridgehead atoms. The average molecular weight is 322 g/mol. The monoisotopic (exact) mass is 322 g/mol. The van der Waals surface area contributed by atoms with E-state index in [0.717, 1.165) is 21.4 Å². The second kappa shape index (κ2) is 5.21. The normalized spacial score (nSPS) is 12.1. The van der Waals surface area contributed by atoms with Gasteiger partial charge in [0.15, 0.2) is 0 Å². The molecule has 0 saturated heterocycles. The van der Waals surface area contributed by atoms with E-state index >= 15 is 0 Å². The number of nitrogens with one attached hydrogen (secondary N) is 1. The number of benzene rings is 1. The molecule has 6 nitrogen and oxygen atoms in total. The highest BCUT2D eigenvalue weighted by Gasteiger charge is 2.17. The molecule has 0 aliphatic rings. The largest absolute Gasteiger partial charge is 0.240 e. The van der Waals surface area contributed by atoms with Crippen molar-refractivity contribution in [3.05, 3.63) is 46.7 Å². The Morgan fingerprint density at radius 2 is 1.95 bits per heavy atom. The van der Waals surface area contributed by atoms with Gasteiger partial charge >= 0.3 is 0 Å². The summed E-state index contributed by atoms with van der Waals surface area (Å²) >= 11 is 1.48. The van der Waals surface area contributed by atoms with Gasteiger partial charge in [0.2, 0.25) is 15.0 Å². The van der Waals surface area contributed by atoms with Gasteiger partial charge in [-0.1, -0.05) is 29.5 Å². The minimum atomic E-state index is -3.53. The molecule has 1 N–H and O–H groups in total. The number of sulfonamides is 1. The van der Waals surface area contributed by atoms with Crippen LogP contribution >= 0.6 is 11.3 Å². The van der Waals surface area contributed by atoms with Crippen molar-refractivity contribution in [2.24, 2.45) is 0 Å². The number of aromatic nitrogens is 3. The molecule has 0 atom stereocenters. The van der Waals surface area contributed by atoms with Crippen LogP contribution in [-0.2, 0) is 16.6 Å². The summed E-state index contributed by atoms with van der Waals surface area (Å²) in [5, 5.41) is 5.24. The lowest BCUT2D eigenvalue weighted by atomic mass is 10.3. The molecule has 8 heteroatoms. The topological polar surface area (TPSA) is 76.4 Å². The Morgan fingerprint density at radius 1 is 1.24 bits per heavy atom. The highest BCUT2D eigenvalue weighted by molar-refractivity contribution is 7.89. The van der Waals surface area contributed by atoms with Crippen LogP contribution in [-0.4, -0.2) is 23.0 Å². The first-order valence-corrected chi connectivity index (χ1v) is 8.64. The average Bonchev–Trinajstić information content (AvgIpc) is 2.93. The van der Waals surface area contributed by atoms with Gasteiger partial charge in [0, 0.05) is 0 Å². The standard InChI is InChI=1S/C13H14N4O2S2/c1-9-12(17-13(15-9)20-10(2)16-17)8-14-21(18,19)11-6-4-3-5-7-11/h3-7,14H,8H2,1-2H3. The lowest BCUT2D eigenvalue weighted by Crippen LogP contribution is -2.24. The Morgan fingerprint density at radius 3 is 2.67 bits per heavy atom. The first-order valence-electron chi connectivity index (χ1n) is 6.34. The Labute approximate surface area is 126 Å². The van der Waals surface area contributed by atoms with Gasteiger partial charge in [-0.3, -0.25) is 0 Å². The summed E-state index contributed by atoms with van der Waals surface area (Å²) < 4.78 is 28.7. The number of hydrogen-bond donors (Lipinski definition) is 1. The van der Waals surface area contributed by atoms with Gasteiger partial charge in [-0.05, 0) is 26.0 Å². The zero-order chi connectivity index (χ0) is 15.0. The highest BCUT2D eigenvalue weighted by Crippen LogP contribution is 2.18. The number of nitrogens with zero attached hydrogens (tertiary/aromatic N) is 3. The summed E-state index contributed by atoms with van der Waals surface area (Å²) in [5.74, 6) is 0. The molecule has 0 radical (unpaired) electrons. The number of aryl methyl sites for hydroxylation is 2. The third-order valence-electron chi connectivity index (χ3n) is 3.08. The fraction of sp³-hybridized carbons (Fsp3) is 0.231. The summed E-state index contributed by atoms with van der Waals surface area (Å²) in [7, 11) is -3.53. The van der Waals surface area contributed by atoms with Gasteiger partial charge in [-0.25, -0.2) is 22.6 Å². The maximum absolute atomic E-state index is 12.2. The molecular weight excluding hydrogens is 308 g/mol. The first kappa shape index (κ1) is 14.2. The van der Waals surface area contributed by atoms with Gasteiger partial charge in [0.25, 0.3) is 0 Å². The molecule has 21 heavy (non-hydrogen) atoms. The molecule has 2 aromatic heterocycles. The summed E-state index contributed by atoms with van der Waals surface area (Å²) in [6, 6.07) is 8.30. The summed E-state index contributed by atoms with van der Waals surface area (Å²) in [5.41, 5.74) is 1.54. The number of imidazole rings is 1. The molecule has 3 rings (SSSR count). The van der Waals surface area contributed by atoms with Crippen LogP contribution in [0.5, 0.6) is 0 Å². The zero-order valence-corrected chi connectivity index (χ0v) is 13.2. The Kier molecular flexibility index (Phi) is 3.52. The zero-order valence-electron chi connectivity index (χ0n) is 11.6. The highest BCUT2D eigenvalue weighted by atomic mass is 32.2. The Bertz CT molecular complexity index is 882. The van der Waals surface area contributed by atoms with E-state index in [2.05, 4.69) is 14.8 Å². The molecule has 0 fully saturated rings. The van der Waals surface area contributed by atoms with Crippen LogP contribution in [0.3, 0.4) is 0 Å². The fourth-order valence-corrected chi connectivity index (χ4v) is 3.85. The molecule has 110 valence electrons. The Hall–Kier alpha value is -1.77. The summed E-state index contributed by atoms with van der Waals surface area (Å²) in [4.78, 5) is 5.42. The van der Waals surface area contributed by atoms with E-state index in [1.807, 2.05) is 13.8 Å². The van der Waals surface area contributed by atoms with Crippen molar-refractivity contribution in [3.63, 3.8) is 0 Å². The molecule has 0 amide bonds. The minimum absolute atomic E-state index is 0.160. The van der Waals surface area contributed by atoms with E-state index in [1.54, 1.807) is 34.8 Å². The molecule has 0 aliphatic carbocycles. The number of hydrogen-bond acceptors (Lipinski definition) is 5. The first-order chi connectivity index (χ1) is 9.97. The minimum Gasteiger partial charge on any atom is -0.223 e. The molecule has 0 aliphatic heterocycles. The van der Waals surface area contributed by atoms with E-state index < -0.39 is 10.0 Å². The third-order valence-corrected chi connectivity index (χ3v) is 5.32. The molecule has 1 aromatic carbocycles. The van der Waals surface area contributed by atoms with Gasteiger partial charge < -0.3 is 0 Å². The van der Waals surface area contributed by atoms with Crippen molar-refractivity contribution in [3.8, 4) is 0 Å². The van der Waals surface area contributed by atoms with Gasteiger partial charge in [0.05, 0.1) is 22.8 Å². The SMILES string of the molecule is Cc1nn2c(CNS(=O)(=O)c3ccccc3)c(C)nc2s1.